The average Bonchev–Trinajstić information content (AvgIpc) is 2.90. The fourth-order valence-electron chi connectivity index (χ4n) is 1.28. The molecule has 2 heterocycles. The fourth-order valence-corrected chi connectivity index (χ4v) is 1.99. The van der Waals surface area contributed by atoms with Crippen LogP contribution < -0.4 is 5.32 Å². The van der Waals surface area contributed by atoms with Crippen LogP contribution in [-0.4, -0.2) is 27.5 Å². The molecule has 1 atom stereocenters. The number of aliphatic hydroxyl groups excluding tert-OH is 1. The first-order chi connectivity index (χ1) is 8.27. The number of aromatic nitrogens is 2. The van der Waals surface area contributed by atoms with Gasteiger partial charge in [0.2, 0.25) is 0 Å². The lowest BCUT2D eigenvalue weighted by Gasteiger charge is -2.09. The van der Waals surface area contributed by atoms with Gasteiger partial charge in [0, 0.05) is 23.8 Å². The van der Waals surface area contributed by atoms with E-state index in [0.29, 0.717) is 0 Å². The lowest BCUT2D eigenvalue weighted by molar-refractivity contribution is 0.0912. The molecule has 0 aliphatic rings. The van der Waals surface area contributed by atoms with Crippen LogP contribution in [0.25, 0.3) is 0 Å². The summed E-state index contributed by atoms with van der Waals surface area (Å²) in [7, 11) is 0. The number of nitrogens with one attached hydrogen (secondary N) is 1. The number of rotatable bonds is 4. The minimum Gasteiger partial charge on any atom is -0.386 e. The van der Waals surface area contributed by atoms with Gasteiger partial charge in [-0.3, -0.25) is 9.78 Å². The Bertz CT molecular complexity index is 473. The van der Waals surface area contributed by atoms with Crippen LogP contribution in [0.15, 0.2) is 36.1 Å². The molecule has 0 aliphatic carbocycles. The highest BCUT2D eigenvalue weighted by Gasteiger charge is 2.12. The van der Waals surface area contributed by atoms with Gasteiger partial charge in [0.25, 0.3) is 5.91 Å². The summed E-state index contributed by atoms with van der Waals surface area (Å²) in [6, 6.07) is 3.68. The van der Waals surface area contributed by atoms with E-state index in [2.05, 4.69) is 15.3 Å². The van der Waals surface area contributed by atoms with Gasteiger partial charge in [-0.15, -0.1) is 11.3 Å². The third kappa shape index (κ3) is 3.08. The zero-order valence-corrected chi connectivity index (χ0v) is 9.72. The monoisotopic (exact) mass is 249 g/mol. The lowest BCUT2D eigenvalue weighted by Crippen LogP contribution is -2.28. The Hall–Kier alpha value is -1.79. The first kappa shape index (κ1) is 11.7. The fraction of sp³-hybridized carbons (Fsp3) is 0.182. The molecule has 88 valence electrons. The number of aliphatic hydroxyl groups is 1. The van der Waals surface area contributed by atoms with Crippen LogP contribution in [0.1, 0.15) is 21.5 Å². The van der Waals surface area contributed by atoms with Crippen molar-refractivity contribution in [3.63, 3.8) is 0 Å². The third-order valence-electron chi connectivity index (χ3n) is 2.12. The molecule has 5 nitrogen and oxygen atoms in total. The second-order valence-electron chi connectivity index (χ2n) is 3.33. The van der Waals surface area contributed by atoms with E-state index in [9.17, 15) is 9.90 Å². The van der Waals surface area contributed by atoms with Crippen molar-refractivity contribution in [2.24, 2.45) is 0 Å². The van der Waals surface area contributed by atoms with Gasteiger partial charge in [0.1, 0.15) is 11.8 Å². The minimum absolute atomic E-state index is 0.163. The number of nitrogens with zero attached hydrogens (tertiary/aromatic N) is 2. The zero-order valence-electron chi connectivity index (χ0n) is 8.91. The summed E-state index contributed by atoms with van der Waals surface area (Å²) in [6.07, 6.45) is 3.64. The van der Waals surface area contributed by atoms with Crippen LogP contribution in [0.5, 0.6) is 0 Å². The maximum Gasteiger partial charge on any atom is 0.271 e. The molecule has 17 heavy (non-hydrogen) atoms. The molecule has 2 aromatic heterocycles. The van der Waals surface area contributed by atoms with Gasteiger partial charge in [-0.05, 0) is 11.4 Å². The average molecular weight is 249 g/mol. The highest BCUT2D eigenvalue weighted by molar-refractivity contribution is 7.10. The molecule has 0 aromatic carbocycles. The molecule has 6 heteroatoms. The van der Waals surface area contributed by atoms with Crippen molar-refractivity contribution in [2.75, 3.05) is 6.54 Å². The van der Waals surface area contributed by atoms with Crippen LogP contribution in [-0.2, 0) is 0 Å². The maximum absolute atomic E-state index is 11.6. The number of carbonyl (C=O) groups excluding carboxylic acids is 1. The normalized spacial score (nSPS) is 12.1. The Morgan fingerprint density at radius 2 is 2.41 bits per heavy atom. The van der Waals surface area contributed by atoms with Gasteiger partial charge >= 0.3 is 0 Å². The van der Waals surface area contributed by atoms with E-state index >= 15 is 0 Å². The Morgan fingerprint density at radius 3 is 3.06 bits per heavy atom. The number of hydrogen-bond donors (Lipinski definition) is 2. The smallest absolute Gasteiger partial charge is 0.271 e. The Labute approximate surface area is 102 Å². The molecule has 0 bridgehead atoms. The van der Waals surface area contributed by atoms with Crippen molar-refractivity contribution in [3.8, 4) is 0 Å². The van der Waals surface area contributed by atoms with Crippen LogP contribution in [0, 0.1) is 0 Å². The summed E-state index contributed by atoms with van der Waals surface area (Å²) in [6.45, 7) is 0.163. The highest BCUT2D eigenvalue weighted by Crippen LogP contribution is 2.17. The number of hydrogen-bond acceptors (Lipinski definition) is 5. The lowest BCUT2D eigenvalue weighted by atomic mass is 10.3. The van der Waals surface area contributed by atoms with Crippen molar-refractivity contribution >= 4 is 17.2 Å². The van der Waals surface area contributed by atoms with Gasteiger partial charge in [0.15, 0.2) is 0 Å². The number of thiophene rings is 1. The molecule has 0 saturated carbocycles. The van der Waals surface area contributed by atoms with E-state index in [1.54, 1.807) is 0 Å². The molecule has 0 spiro atoms. The molecule has 0 radical (unpaired) electrons. The number of amides is 1. The molecule has 2 rings (SSSR count). The zero-order chi connectivity index (χ0) is 12.1. The van der Waals surface area contributed by atoms with Crippen LogP contribution in [0.3, 0.4) is 0 Å². The van der Waals surface area contributed by atoms with E-state index in [0.717, 1.165) is 4.88 Å². The largest absolute Gasteiger partial charge is 0.386 e. The third-order valence-corrected chi connectivity index (χ3v) is 3.10. The molecule has 0 aliphatic heterocycles. The second-order valence-corrected chi connectivity index (χ2v) is 4.31. The van der Waals surface area contributed by atoms with Crippen LogP contribution in [0.2, 0.25) is 0 Å². The second kappa shape index (κ2) is 5.51. The molecular weight excluding hydrogens is 238 g/mol. The van der Waals surface area contributed by atoms with Crippen molar-refractivity contribution in [1.82, 2.24) is 15.3 Å². The quantitative estimate of drug-likeness (QED) is 0.847. The summed E-state index contributed by atoms with van der Waals surface area (Å²) >= 11 is 1.45. The molecule has 0 fully saturated rings. The molecule has 0 saturated heterocycles. The summed E-state index contributed by atoms with van der Waals surface area (Å²) in [5.74, 6) is -0.339. The van der Waals surface area contributed by atoms with Crippen molar-refractivity contribution in [2.45, 2.75) is 6.10 Å². The summed E-state index contributed by atoms with van der Waals surface area (Å²) in [4.78, 5) is 20.1. The van der Waals surface area contributed by atoms with Gasteiger partial charge in [0.05, 0.1) is 6.20 Å². The minimum atomic E-state index is -0.685. The van der Waals surface area contributed by atoms with Crippen molar-refractivity contribution in [3.05, 3.63) is 46.7 Å². The van der Waals surface area contributed by atoms with E-state index < -0.39 is 6.10 Å². The highest BCUT2D eigenvalue weighted by atomic mass is 32.1. The van der Waals surface area contributed by atoms with Crippen LogP contribution >= 0.6 is 11.3 Å². The van der Waals surface area contributed by atoms with Gasteiger partial charge < -0.3 is 10.4 Å². The summed E-state index contributed by atoms with van der Waals surface area (Å²) in [5.41, 5.74) is 0.242. The molecule has 0 unspecified atom stereocenters. The van der Waals surface area contributed by atoms with E-state index in [1.165, 1.54) is 29.9 Å². The first-order valence-corrected chi connectivity index (χ1v) is 5.91. The van der Waals surface area contributed by atoms with Gasteiger partial charge in [-0.2, -0.15) is 0 Å². The Kier molecular flexibility index (Phi) is 3.79. The summed E-state index contributed by atoms with van der Waals surface area (Å²) < 4.78 is 0. The molecule has 1 amide bonds. The van der Waals surface area contributed by atoms with Gasteiger partial charge in [-0.1, -0.05) is 6.07 Å². The summed E-state index contributed by atoms with van der Waals surface area (Å²) in [5, 5.41) is 14.2. The van der Waals surface area contributed by atoms with Gasteiger partial charge in [-0.25, -0.2) is 4.98 Å². The Morgan fingerprint density at radius 1 is 1.53 bits per heavy atom. The topological polar surface area (TPSA) is 75.1 Å². The van der Waals surface area contributed by atoms with Crippen LogP contribution in [0.4, 0.5) is 0 Å². The standard InChI is InChI=1S/C11H11N3O2S/c15-9(10-2-1-5-17-10)7-14-11(16)8-6-12-3-4-13-8/h1-6,9,15H,7H2,(H,14,16)/t9-/m1/s1. The molecule has 2 aromatic rings. The molecular formula is C11H11N3O2S. The van der Waals surface area contributed by atoms with Crippen molar-refractivity contribution in [1.29, 1.82) is 0 Å². The van der Waals surface area contributed by atoms with E-state index in [1.807, 2.05) is 17.5 Å². The number of carbonyl (C=O) groups is 1. The molecule has 2 N–H and O–H groups in total. The van der Waals surface area contributed by atoms with E-state index in [4.69, 9.17) is 0 Å². The SMILES string of the molecule is O=C(NC[C@@H](O)c1cccs1)c1cnccn1. The Balaban J connectivity index is 1.89. The maximum atomic E-state index is 11.6. The van der Waals surface area contributed by atoms with Crippen molar-refractivity contribution < 1.29 is 9.90 Å². The predicted molar refractivity (Wildman–Crippen MR) is 63.6 cm³/mol. The predicted octanol–water partition coefficient (Wildman–Crippen LogP) is 1.00. The first-order valence-electron chi connectivity index (χ1n) is 5.03. The van der Waals surface area contributed by atoms with E-state index in [-0.39, 0.29) is 18.1 Å².